The van der Waals surface area contributed by atoms with E-state index < -0.39 is 5.54 Å². The van der Waals surface area contributed by atoms with Crippen LogP contribution in [0.25, 0.3) is 0 Å². The molecular formula is C12H23N3O2. The van der Waals surface area contributed by atoms with E-state index in [9.17, 15) is 9.59 Å². The number of likely N-dealkylation sites (N-methyl/N-ethyl adjacent to an activating group) is 2. The molecule has 0 aliphatic carbocycles. The average Bonchev–Trinajstić information content (AvgIpc) is 2.77. The van der Waals surface area contributed by atoms with Crippen LogP contribution in [0, 0.1) is 0 Å². The van der Waals surface area contributed by atoms with E-state index in [0.29, 0.717) is 0 Å². The molecule has 17 heavy (non-hydrogen) atoms. The van der Waals surface area contributed by atoms with Gasteiger partial charge in [0.2, 0.25) is 11.8 Å². The Morgan fingerprint density at radius 1 is 1.29 bits per heavy atom. The summed E-state index contributed by atoms with van der Waals surface area (Å²) in [5.41, 5.74) is -0.443. The van der Waals surface area contributed by atoms with Crippen molar-refractivity contribution < 1.29 is 9.59 Å². The molecule has 1 atom stereocenters. The van der Waals surface area contributed by atoms with Gasteiger partial charge in [-0.3, -0.25) is 9.59 Å². The maximum Gasteiger partial charge on any atom is 0.243 e. The van der Waals surface area contributed by atoms with Gasteiger partial charge in [-0.15, -0.1) is 0 Å². The minimum absolute atomic E-state index is 0.0349. The molecule has 2 amide bonds. The van der Waals surface area contributed by atoms with Crippen molar-refractivity contribution in [3.63, 3.8) is 0 Å². The van der Waals surface area contributed by atoms with Crippen molar-refractivity contribution in [1.82, 2.24) is 15.1 Å². The standard InChI is InChI=1S/C12H23N3O2/c1-5-12(7-6-8-13-12)11(17)15(4)9-10(16)14(2)3/h13H,5-9H2,1-4H3. The first-order valence-electron chi connectivity index (χ1n) is 6.13. The van der Waals surface area contributed by atoms with Crippen LogP contribution in [0.3, 0.4) is 0 Å². The fraction of sp³-hybridized carbons (Fsp3) is 0.833. The van der Waals surface area contributed by atoms with Crippen molar-refractivity contribution in [1.29, 1.82) is 0 Å². The molecule has 1 unspecified atom stereocenters. The predicted molar refractivity (Wildman–Crippen MR) is 66.6 cm³/mol. The number of carbonyl (C=O) groups is 2. The molecular weight excluding hydrogens is 218 g/mol. The molecule has 0 aromatic carbocycles. The maximum atomic E-state index is 12.3. The van der Waals surface area contributed by atoms with E-state index in [1.165, 1.54) is 9.80 Å². The zero-order valence-electron chi connectivity index (χ0n) is 11.2. The van der Waals surface area contributed by atoms with Gasteiger partial charge in [-0.05, 0) is 25.8 Å². The fourth-order valence-electron chi connectivity index (χ4n) is 2.22. The number of carbonyl (C=O) groups excluding carboxylic acids is 2. The fourth-order valence-corrected chi connectivity index (χ4v) is 2.22. The van der Waals surface area contributed by atoms with Crippen molar-refractivity contribution >= 4 is 11.8 Å². The highest BCUT2D eigenvalue weighted by molar-refractivity contribution is 5.90. The third-order valence-electron chi connectivity index (χ3n) is 3.47. The summed E-state index contributed by atoms with van der Waals surface area (Å²) in [5, 5.41) is 3.29. The number of nitrogens with one attached hydrogen (secondary N) is 1. The lowest BCUT2D eigenvalue weighted by atomic mass is 9.92. The highest BCUT2D eigenvalue weighted by atomic mass is 16.2. The Balaban J connectivity index is 2.65. The first kappa shape index (κ1) is 14.0. The molecule has 1 rings (SSSR count). The molecule has 0 saturated carbocycles. The average molecular weight is 241 g/mol. The SMILES string of the molecule is CCC1(C(=O)N(C)CC(=O)N(C)C)CCCN1. The van der Waals surface area contributed by atoms with Crippen LogP contribution in [0.1, 0.15) is 26.2 Å². The monoisotopic (exact) mass is 241 g/mol. The molecule has 0 bridgehead atoms. The van der Waals surface area contributed by atoms with Crippen LogP contribution in [0.4, 0.5) is 0 Å². The lowest BCUT2D eigenvalue weighted by Crippen LogP contribution is -2.55. The Labute approximate surface area is 103 Å². The second kappa shape index (κ2) is 5.49. The van der Waals surface area contributed by atoms with Gasteiger partial charge in [-0.1, -0.05) is 6.92 Å². The summed E-state index contributed by atoms with van der Waals surface area (Å²) < 4.78 is 0. The highest BCUT2D eigenvalue weighted by Gasteiger charge is 2.41. The number of amides is 2. The topological polar surface area (TPSA) is 52.7 Å². The second-order valence-electron chi connectivity index (χ2n) is 4.92. The van der Waals surface area contributed by atoms with E-state index in [0.717, 1.165) is 25.8 Å². The van der Waals surface area contributed by atoms with Gasteiger partial charge in [0.1, 0.15) is 0 Å². The molecule has 0 radical (unpaired) electrons. The molecule has 0 spiro atoms. The molecule has 98 valence electrons. The van der Waals surface area contributed by atoms with Crippen LogP contribution >= 0.6 is 0 Å². The van der Waals surface area contributed by atoms with Crippen LogP contribution in [0.2, 0.25) is 0 Å². The minimum atomic E-state index is -0.443. The summed E-state index contributed by atoms with van der Waals surface area (Å²) >= 11 is 0. The van der Waals surface area contributed by atoms with Gasteiger partial charge in [0.15, 0.2) is 0 Å². The molecule has 1 N–H and O–H groups in total. The molecule has 1 heterocycles. The van der Waals surface area contributed by atoms with Gasteiger partial charge >= 0.3 is 0 Å². The zero-order valence-corrected chi connectivity index (χ0v) is 11.2. The Bertz CT molecular complexity index is 296. The molecule has 5 heteroatoms. The van der Waals surface area contributed by atoms with Crippen molar-refractivity contribution in [3.8, 4) is 0 Å². The van der Waals surface area contributed by atoms with Gasteiger partial charge in [-0.25, -0.2) is 0 Å². The number of hydrogen-bond acceptors (Lipinski definition) is 3. The van der Waals surface area contributed by atoms with Crippen LogP contribution < -0.4 is 5.32 Å². The normalized spacial score (nSPS) is 23.5. The molecule has 1 fully saturated rings. The van der Waals surface area contributed by atoms with Gasteiger partial charge in [-0.2, -0.15) is 0 Å². The first-order valence-corrected chi connectivity index (χ1v) is 6.13. The molecule has 5 nitrogen and oxygen atoms in total. The van der Waals surface area contributed by atoms with Crippen LogP contribution in [-0.4, -0.2) is 61.4 Å². The summed E-state index contributed by atoms with van der Waals surface area (Å²) in [6, 6.07) is 0. The molecule has 0 aromatic heterocycles. The number of hydrogen-bond donors (Lipinski definition) is 1. The summed E-state index contributed by atoms with van der Waals surface area (Å²) in [5.74, 6) is -0.0159. The van der Waals surface area contributed by atoms with Gasteiger partial charge in [0.25, 0.3) is 0 Å². The van der Waals surface area contributed by atoms with Crippen molar-refractivity contribution in [2.75, 3.05) is 34.2 Å². The van der Waals surface area contributed by atoms with E-state index in [1.54, 1.807) is 21.1 Å². The molecule has 0 aromatic rings. The molecule has 1 aliphatic rings. The second-order valence-corrected chi connectivity index (χ2v) is 4.92. The van der Waals surface area contributed by atoms with E-state index in [4.69, 9.17) is 0 Å². The molecule has 1 aliphatic heterocycles. The smallest absolute Gasteiger partial charge is 0.243 e. The maximum absolute atomic E-state index is 12.3. The van der Waals surface area contributed by atoms with Crippen molar-refractivity contribution in [2.45, 2.75) is 31.7 Å². The van der Waals surface area contributed by atoms with Gasteiger partial charge < -0.3 is 15.1 Å². The number of nitrogens with zero attached hydrogens (tertiary/aromatic N) is 2. The van der Waals surface area contributed by atoms with Crippen LogP contribution in [0.15, 0.2) is 0 Å². The van der Waals surface area contributed by atoms with E-state index in [1.807, 2.05) is 6.92 Å². The van der Waals surface area contributed by atoms with E-state index >= 15 is 0 Å². The summed E-state index contributed by atoms with van der Waals surface area (Å²) in [4.78, 5) is 27.0. The van der Waals surface area contributed by atoms with Gasteiger partial charge in [0.05, 0.1) is 12.1 Å². The van der Waals surface area contributed by atoms with Crippen LogP contribution in [-0.2, 0) is 9.59 Å². The highest BCUT2D eigenvalue weighted by Crippen LogP contribution is 2.24. The Kier molecular flexibility index (Phi) is 4.51. The lowest BCUT2D eigenvalue weighted by Gasteiger charge is -2.31. The van der Waals surface area contributed by atoms with Crippen LogP contribution in [0.5, 0.6) is 0 Å². The summed E-state index contributed by atoms with van der Waals surface area (Å²) in [6.07, 6.45) is 2.66. The predicted octanol–water partition coefficient (Wildman–Crippen LogP) is 0.0652. The molecule has 1 saturated heterocycles. The first-order chi connectivity index (χ1) is 7.93. The largest absolute Gasteiger partial charge is 0.347 e. The lowest BCUT2D eigenvalue weighted by molar-refractivity contribution is -0.142. The quantitative estimate of drug-likeness (QED) is 0.757. The third-order valence-corrected chi connectivity index (χ3v) is 3.47. The van der Waals surface area contributed by atoms with Crippen molar-refractivity contribution in [3.05, 3.63) is 0 Å². The number of rotatable bonds is 4. The van der Waals surface area contributed by atoms with E-state index in [2.05, 4.69) is 5.32 Å². The van der Waals surface area contributed by atoms with Gasteiger partial charge in [0, 0.05) is 21.1 Å². The van der Waals surface area contributed by atoms with Crippen molar-refractivity contribution in [2.24, 2.45) is 0 Å². The minimum Gasteiger partial charge on any atom is -0.347 e. The third kappa shape index (κ3) is 2.97. The van der Waals surface area contributed by atoms with E-state index in [-0.39, 0.29) is 18.4 Å². The summed E-state index contributed by atoms with van der Waals surface area (Å²) in [6.45, 7) is 3.04. The summed E-state index contributed by atoms with van der Waals surface area (Å²) in [7, 11) is 5.09. The zero-order chi connectivity index (χ0) is 13.1. The Morgan fingerprint density at radius 3 is 2.35 bits per heavy atom. The Morgan fingerprint density at radius 2 is 1.94 bits per heavy atom. The Hall–Kier alpha value is -1.10.